The van der Waals surface area contributed by atoms with Crippen LogP contribution in [0.15, 0.2) is 18.2 Å². The van der Waals surface area contributed by atoms with Crippen LogP contribution in [0.1, 0.15) is 25.5 Å². The van der Waals surface area contributed by atoms with E-state index in [1.807, 2.05) is 26.0 Å². The molecular weight excluding hydrogens is 335 g/mol. The summed E-state index contributed by atoms with van der Waals surface area (Å²) in [5.41, 5.74) is 1.40. The second-order valence-electron chi connectivity index (χ2n) is 6.00. The van der Waals surface area contributed by atoms with Crippen LogP contribution in [0.2, 0.25) is 10.0 Å². The van der Waals surface area contributed by atoms with Crippen LogP contribution < -0.4 is 10.1 Å². The van der Waals surface area contributed by atoms with Crippen molar-refractivity contribution in [2.45, 2.75) is 32.7 Å². The molecule has 0 saturated heterocycles. The van der Waals surface area contributed by atoms with Crippen LogP contribution in [-0.4, -0.2) is 23.5 Å². The van der Waals surface area contributed by atoms with Gasteiger partial charge in [-0.25, -0.2) is 4.98 Å². The molecule has 1 aromatic heterocycles. The Hall–Kier alpha value is -1.52. The molecule has 122 valence electrons. The number of carbonyl (C=O) groups is 1. The molecule has 1 N–H and O–H groups in total. The second-order valence-corrected chi connectivity index (χ2v) is 6.81. The number of halogens is 2. The normalized spacial score (nSPS) is 15.5. The Bertz CT molecular complexity index is 760. The lowest BCUT2D eigenvalue weighted by molar-refractivity contribution is -0.123. The number of benzene rings is 1. The summed E-state index contributed by atoms with van der Waals surface area (Å²) in [6.07, 6.45) is 2.36. The standard InChI is InChI=1S/C17H18Cl2N2O2/c1-9-3-6-12-13(18)7-14(19)17(16(12)20-9)23-8-15(22)21-10(2)11-4-5-11/h3,6-7,10-11H,4-5,8H2,1-2H3,(H,21,22)/t10-/m1/s1. The summed E-state index contributed by atoms with van der Waals surface area (Å²) in [5.74, 6) is 0.837. The van der Waals surface area contributed by atoms with E-state index in [1.54, 1.807) is 6.07 Å². The Kier molecular flexibility index (Phi) is 4.64. The first kappa shape index (κ1) is 16.3. The summed E-state index contributed by atoms with van der Waals surface area (Å²) in [7, 11) is 0. The minimum atomic E-state index is -0.156. The Morgan fingerprint density at radius 3 is 2.83 bits per heavy atom. The third-order valence-electron chi connectivity index (χ3n) is 4.04. The Morgan fingerprint density at radius 1 is 1.39 bits per heavy atom. The van der Waals surface area contributed by atoms with E-state index in [2.05, 4.69) is 10.3 Å². The van der Waals surface area contributed by atoms with Crippen molar-refractivity contribution in [1.29, 1.82) is 0 Å². The molecule has 0 spiro atoms. The molecule has 23 heavy (non-hydrogen) atoms. The molecule has 4 nitrogen and oxygen atoms in total. The van der Waals surface area contributed by atoms with Gasteiger partial charge in [-0.1, -0.05) is 23.2 Å². The SMILES string of the molecule is Cc1ccc2c(Cl)cc(Cl)c(OCC(=O)N[C@H](C)C3CC3)c2n1. The van der Waals surface area contributed by atoms with Crippen LogP contribution in [0.25, 0.3) is 10.9 Å². The van der Waals surface area contributed by atoms with Gasteiger partial charge in [-0.3, -0.25) is 4.79 Å². The third-order valence-corrected chi connectivity index (χ3v) is 4.64. The van der Waals surface area contributed by atoms with Crippen LogP contribution in [-0.2, 0) is 4.79 Å². The lowest BCUT2D eigenvalue weighted by Crippen LogP contribution is -2.37. The van der Waals surface area contributed by atoms with Gasteiger partial charge >= 0.3 is 0 Å². The first-order valence-corrected chi connectivity index (χ1v) is 8.39. The van der Waals surface area contributed by atoms with E-state index in [9.17, 15) is 4.79 Å². The van der Waals surface area contributed by atoms with E-state index in [0.717, 1.165) is 11.1 Å². The Labute approximate surface area is 145 Å². The molecule has 0 radical (unpaired) electrons. The zero-order valence-corrected chi connectivity index (χ0v) is 14.5. The van der Waals surface area contributed by atoms with Crippen molar-refractivity contribution in [3.8, 4) is 5.75 Å². The van der Waals surface area contributed by atoms with E-state index in [-0.39, 0.29) is 18.6 Å². The Morgan fingerprint density at radius 2 is 2.13 bits per heavy atom. The molecule has 6 heteroatoms. The maximum Gasteiger partial charge on any atom is 0.258 e. The van der Waals surface area contributed by atoms with E-state index in [0.29, 0.717) is 27.2 Å². The molecule has 1 heterocycles. The van der Waals surface area contributed by atoms with Crippen LogP contribution in [0.4, 0.5) is 0 Å². The summed E-state index contributed by atoms with van der Waals surface area (Å²) < 4.78 is 5.66. The van der Waals surface area contributed by atoms with E-state index in [1.165, 1.54) is 12.8 Å². The molecule has 1 aliphatic carbocycles. The van der Waals surface area contributed by atoms with Gasteiger partial charge in [0.25, 0.3) is 5.91 Å². The van der Waals surface area contributed by atoms with Gasteiger partial charge in [-0.2, -0.15) is 0 Å². The lowest BCUT2D eigenvalue weighted by atomic mass is 10.2. The first-order chi connectivity index (χ1) is 11.0. The van der Waals surface area contributed by atoms with Crippen molar-refractivity contribution in [1.82, 2.24) is 10.3 Å². The molecular formula is C17H18Cl2N2O2. The van der Waals surface area contributed by atoms with Crippen molar-refractivity contribution in [2.24, 2.45) is 5.92 Å². The Balaban J connectivity index is 1.79. The summed E-state index contributed by atoms with van der Waals surface area (Å²) in [5, 5.41) is 4.56. The van der Waals surface area contributed by atoms with Crippen molar-refractivity contribution in [3.63, 3.8) is 0 Å². The molecule has 1 fully saturated rings. The number of hydrogen-bond acceptors (Lipinski definition) is 3. The molecule has 1 amide bonds. The monoisotopic (exact) mass is 352 g/mol. The van der Waals surface area contributed by atoms with Gasteiger partial charge < -0.3 is 10.1 Å². The maximum atomic E-state index is 12.0. The number of nitrogens with one attached hydrogen (secondary N) is 1. The summed E-state index contributed by atoms with van der Waals surface area (Å²) in [6, 6.07) is 5.54. The average Bonchev–Trinajstić information content (AvgIpc) is 3.31. The average molecular weight is 353 g/mol. The first-order valence-electron chi connectivity index (χ1n) is 7.63. The highest BCUT2D eigenvalue weighted by Crippen LogP contribution is 2.37. The number of carbonyl (C=O) groups excluding carboxylic acids is 1. The fourth-order valence-corrected chi connectivity index (χ4v) is 3.15. The number of hydrogen-bond donors (Lipinski definition) is 1. The topological polar surface area (TPSA) is 51.2 Å². The fraction of sp³-hybridized carbons (Fsp3) is 0.412. The number of pyridine rings is 1. The number of fused-ring (bicyclic) bond motifs is 1. The molecule has 3 rings (SSSR count). The predicted octanol–water partition coefficient (Wildman–Crippen LogP) is 4.14. The van der Waals surface area contributed by atoms with Gasteiger partial charge in [0.05, 0.1) is 10.0 Å². The van der Waals surface area contributed by atoms with Crippen LogP contribution in [0.5, 0.6) is 5.75 Å². The quantitative estimate of drug-likeness (QED) is 0.879. The molecule has 0 aliphatic heterocycles. The molecule has 0 unspecified atom stereocenters. The summed E-state index contributed by atoms with van der Waals surface area (Å²) >= 11 is 12.4. The highest BCUT2D eigenvalue weighted by molar-refractivity contribution is 6.39. The van der Waals surface area contributed by atoms with Gasteiger partial charge in [0.2, 0.25) is 0 Å². The van der Waals surface area contributed by atoms with Crippen molar-refractivity contribution in [2.75, 3.05) is 6.61 Å². The number of nitrogens with zero attached hydrogens (tertiary/aromatic N) is 1. The second kappa shape index (κ2) is 6.54. The number of aromatic nitrogens is 1. The van der Waals surface area contributed by atoms with Gasteiger partial charge in [-0.15, -0.1) is 0 Å². The summed E-state index contributed by atoms with van der Waals surface area (Å²) in [4.78, 5) is 16.5. The minimum absolute atomic E-state index is 0.0941. The zero-order valence-electron chi connectivity index (χ0n) is 13.0. The third kappa shape index (κ3) is 3.70. The smallest absolute Gasteiger partial charge is 0.258 e. The van der Waals surface area contributed by atoms with Crippen LogP contribution in [0, 0.1) is 12.8 Å². The highest BCUT2D eigenvalue weighted by atomic mass is 35.5. The zero-order chi connectivity index (χ0) is 16.6. The fourth-order valence-electron chi connectivity index (χ4n) is 2.57. The minimum Gasteiger partial charge on any atom is -0.480 e. The largest absolute Gasteiger partial charge is 0.480 e. The van der Waals surface area contributed by atoms with Gasteiger partial charge in [0.1, 0.15) is 5.52 Å². The molecule has 1 aromatic carbocycles. The van der Waals surface area contributed by atoms with Crippen LogP contribution >= 0.6 is 23.2 Å². The van der Waals surface area contributed by atoms with E-state index >= 15 is 0 Å². The number of rotatable bonds is 5. The molecule has 2 aromatic rings. The van der Waals surface area contributed by atoms with E-state index < -0.39 is 0 Å². The van der Waals surface area contributed by atoms with Crippen molar-refractivity contribution in [3.05, 3.63) is 33.9 Å². The molecule has 1 saturated carbocycles. The van der Waals surface area contributed by atoms with Gasteiger partial charge in [0, 0.05) is 17.1 Å². The number of amides is 1. The van der Waals surface area contributed by atoms with Crippen LogP contribution in [0.3, 0.4) is 0 Å². The predicted molar refractivity (Wildman–Crippen MR) is 92.3 cm³/mol. The lowest BCUT2D eigenvalue weighted by Gasteiger charge is -2.15. The van der Waals surface area contributed by atoms with E-state index in [4.69, 9.17) is 27.9 Å². The summed E-state index contributed by atoms with van der Waals surface area (Å²) in [6.45, 7) is 3.80. The molecule has 1 atom stereocenters. The van der Waals surface area contributed by atoms with Gasteiger partial charge in [-0.05, 0) is 50.8 Å². The number of aryl methyl sites for hydroxylation is 1. The van der Waals surface area contributed by atoms with Gasteiger partial charge in [0.15, 0.2) is 12.4 Å². The highest BCUT2D eigenvalue weighted by Gasteiger charge is 2.29. The van der Waals surface area contributed by atoms with Crippen molar-refractivity contribution >= 4 is 40.0 Å². The maximum absolute atomic E-state index is 12.0. The molecule has 1 aliphatic rings. The van der Waals surface area contributed by atoms with Crippen molar-refractivity contribution < 1.29 is 9.53 Å². The molecule has 0 bridgehead atoms. The number of ether oxygens (including phenoxy) is 1.